The zero-order valence-electron chi connectivity index (χ0n) is 7.86. The lowest BCUT2D eigenvalue weighted by atomic mass is 10.0. The van der Waals surface area contributed by atoms with Gasteiger partial charge in [0.15, 0.2) is 0 Å². The van der Waals surface area contributed by atoms with Gasteiger partial charge in [0.25, 0.3) is 0 Å². The number of aliphatic hydroxyl groups is 1. The van der Waals surface area contributed by atoms with Gasteiger partial charge in [-0.25, -0.2) is 0 Å². The molecule has 0 aromatic carbocycles. The van der Waals surface area contributed by atoms with Gasteiger partial charge in [-0.3, -0.25) is 0 Å². The number of nitrogens with one attached hydrogen (secondary N) is 1. The van der Waals surface area contributed by atoms with Gasteiger partial charge in [0.05, 0.1) is 6.54 Å². The standard InChI is InChI=1S/C8H16F3NO/c1-6(2)7(3-4-13)12-5-8(9,10)11/h6-7,12-13H,3-5H2,1-2H3. The van der Waals surface area contributed by atoms with E-state index in [2.05, 4.69) is 5.32 Å². The van der Waals surface area contributed by atoms with Crippen LogP contribution in [-0.4, -0.2) is 30.5 Å². The van der Waals surface area contributed by atoms with Gasteiger partial charge in [-0.15, -0.1) is 0 Å². The minimum atomic E-state index is -4.18. The van der Waals surface area contributed by atoms with Crippen LogP contribution in [0.3, 0.4) is 0 Å². The van der Waals surface area contributed by atoms with Crippen molar-refractivity contribution in [3.8, 4) is 0 Å². The van der Waals surface area contributed by atoms with E-state index < -0.39 is 12.7 Å². The molecule has 0 heterocycles. The molecule has 0 aromatic heterocycles. The quantitative estimate of drug-likeness (QED) is 0.704. The minimum Gasteiger partial charge on any atom is -0.396 e. The molecule has 0 fully saturated rings. The number of hydrogen-bond donors (Lipinski definition) is 2. The highest BCUT2D eigenvalue weighted by Gasteiger charge is 2.28. The number of rotatable bonds is 5. The average molecular weight is 199 g/mol. The Morgan fingerprint density at radius 3 is 2.15 bits per heavy atom. The molecular formula is C8H16F3NO. The fourth-order valence-corrected chi connectivity index (χ4v) is 1.06. The molecule has 0 bridgehead atoms. The van der Waals surface area contributed by atoms with Crippen LogP contribution in [0.1, 0.15) is 20.3 Å². The molecule has 2 N–H and O–H groups in total. The summed E-state index contributed by atoms with van der Waals surface area (Å²) in [7, 11) is 0. The van der Waals surface area contributed by atoms with E-state index in [1.54, 1.807) is 0 Å². The first-order valence-electron chi connectivity index (χ1n) is 4.28. The van der Waals surface area contributed by atoms with Gasteiger partial charge in [-0.05, 0) is 12.3 Å². The molecule has 0 aromatic rings. The Morgan fingerprint density at radius 2 is 1.85 bits per heavy atom. The summed E-state index contributed by atoms with van der Waals surface area (Å²) in [5.74, 6) is 0.0921. The Labute approximate surface area is 76.1 Å². The summed E-state index contributed by atoms with van der Waals surface area (Å²) in [6, 6.07) is -0.272. The van der Waals surface area contributed by atoms with E-state index in [9.17, 15) is 13.2 Å². The van der Waals surface area contributed by atoms with Gasteiger partial charge in [0.2, 0.25) is 0 Å². The van der Waals surface area contributed by atoms with Gasteiger partial charge in [-0.1, -0.05) is 13.8 Å². The molecule has 2 nitrogen and oxygen atoms in total. The van der Waals surface area contributed by atoms with Crippen molar-refractivity contribution in [1.29, 1.82) is 0 Å². The van der Waals surface area contributed by atoms with Gasteiger partial charge in [0.1, 0.15) is 0 Å². The van der Waals surface area contributed by atoms with Crippen molar-refractivity contribution in [3.63, 3.8) is 0 Å². The van der Waals surface area contributed by atoms with Gasteiger partial charge >= 0.3 is 6.18 Å². The van der Waals surface area contributed by atoms with Crippen LogP contribution in [0, 0.1) is 5.92 Å². The summed E-state index contributed by atoms with van der Waals surface area (Å²) < 4.78 is 35.4. The third-order valence-corrected chi connectivity index (χ3v) is 1.81. The first-order chi connectivity index (χ1) is 5.87. The Balaban J connectivity index is 3.82. The molecular weight excluding hydrogens is 183 g/mol. The molecule has 0 rings (SSSR count). The van der Waals surface area contributed by atoms with Gasteiger partial charge < -0.3 is 10.4 Å². The summed E-state index contributed by atoms with van der Waals surface area (Å²) in [5, 5.41) is 11.0. The maximum absolute atomic E-state index is 11.8. The Bertz CT molecular complexity index is 136. The number of alkyl halides is 3. The Kier molecular flexibility index (Phi) is 5.32. The van der Waals surface area contributed by atoms with Gasteiger partial charge in [-0.2, -0.15) is 13.2 Å². The fraction of sp³-hybridized carbons (Fsp3) is 1.00. The monoisotopic (exact) mass is 199 g/mol. The molecule has 0 aliphatic rings. The molecule has 5 heteroatoms. The zero-order valence-corrected chi connectivity index (χ0v) is 7.86. The van der Waals surface area contributed by atoms with Crippen molar-refractivity contribution in [2.24, 2.45) is 5.92 Å². The summed E-state index contributed by atoms with van der Waals surface area (Å²) in [4.78, 5) is 0. The SMILES string of the molecule is CC(C)C(CCO)NCC(F)(F)F. The maximum atomic E-state index is 11.8. The third-order valence-electron chi connectivity index (χ3n) is 1.81. The number of aliphatic hydroxyl groups excluding tert-OH is 1. The summed E-state index contributed by atoms with van der Waals surface area (Å²) >= 11 is 0. The molecule has 13 heavy (non-hydrogen) atoms. The van der Waals surface area contributed by atoms with Crippen LogP contribution in [-0.2, 0) is 0 Å². The van der Waals surface area contributed by atoms with Crippen LogP contribution in [0.25, 0.3) is 0 Å². The van der Waals surface area contributed by atoms with Crippen molar-refractivity contribution in [1.82, 2.24) is 5.32 Å². The summed E-state index contributed by atoms with van der Waals surface area (Å²) in [6.07, 6.45) is -3.82. The smallest absolute Gasteiger partial charge is 0.396 e. The molecule has 0 aliphatic heterocycles. The zero-order chi connectivity index (χ0) is 10.5. The van der Waals surface area contributed by atoms with Crippen LogP contribution in [0.15, 0.2) is 0 Å². The lowest BCUT2D eigenvalue weighted by molar-refractivity contribution is -0.127. The van der Waals surface area contributed by atoms with E-state index >= 15 is 0 Å². The van der Waals surface area contributed by atoms with E-state index in [0.717, 1.165) is 0 Å². The minimum absolute atomic E-state index is 0.0896. The lowest BCUT2D eigenvalue weighted by Gasteiger charge is -2.22. The number of hydrogen-bond acceptors (Lipinski definition) is 2. The highest BCUT2D eigenvalue weighted by atomic mass is 19.4. The molecule has 1 unspecified atom stereocenters. The molecule has 1 atom stereocenters. The summed E-state index contributed by atoms with van der Waals surface area (Å²) in [6.45, 7) is 2.57. The molecule has 0 aliphatic carbocycles. The van der Waals surface area contributed by atoms with Crippen LogP contribution < -0.4 is 5.32 Å². The van der Waals surface area contributed by atoms with Crippen LogP contribution in [0.4, 0.5) is 13.2 Å². The molecule has 0 saturated carbocycles. The van der Waals surface area contributed by atoms with Crippen molar-refractivity contribution < 1.29 is 18.3 Å². The molecule has 0 spiro atoms. The average Bonchev–Trinajstić information content (AvgIpc) is 1.95. The fourth-order valence-electron chi connectivity index (χ4n) is 1.06. The van der Waals surface area contributed by atoms with Gasteiger partial charge in [0, 0.05) is 12.6 Å². The van der Waals surface area contributed by atoms with E-state index in [-0.39, 0.29) is 18.6 Å². The normalized spacial score (nSPS) is 15.0. The van der Waals surface area contributed by atoms with Crippen molar-refractivity contribution >= 4 is 0 Å². The topological polar surface area (TPSA) is 32.3 Å². The lowest BCUT2D eigenvalue weighted by Crippen LogP contribution is -2.40. The predicted molar refractivity (Wildman–Crippen MR) is 44.4 cm³/mol. The van der Waals surface area contributed by atoms with Crippen LogP contribution in [0.2, 0.25) is 0 Å². The largest absolute Gasteiger partial charge is 0.401 e. The second-order valence-corrected chi connectivity index (χ2v) is 3.36. The van der Waals surface area contributed by atoms with E-state index in [0.29, 0.717) is 6.42 Å². The maximum Gasteiger partial charge on any atom is 0.401 e. The van der Waals surface area contributed by atoms with E-state index in [1.807, 2.05) is 13.8 Å². The second kappa shape index (κ2) is 5.44. The van der Waals surface area contributed by atoms with Crippen molar-refractivity contribution in [3.05, 3.63) is 0 Å². The molecule has 0 saturated heterocycles. The molecule has 0 radical (unpaired) electrons. The second-order valence-electron chi connectivity index (χ2n) is 3.36. The first-order valence-corrected chi connectivity index (χ1v) is 4.28. The van der Waals surface area contributed by atoms with E-state index in [1.165, 1.54) is 0 Å². The number of halogens is 3. The summed E-state index contributed by atoms with van der Waals surface area (Å²) in [5.41, 5.74) is 0. The molecule has 0 amide bonds. The Hall–Kier alpha value is -0.290. The first kappa shape index (κ1) is 12.7. The third kappa shape index (κ3) is 6.83. The van der Waals surface area contributed by atoms with Crippen molar-refractivity contribution in [2.45, 2.75) is 32.5 Å². The molecule has 80 valence electrons. The van der Waals surface area contributed by atoms with Crippen LogP contribution in [0.5, 0.6) is 0 Å². The van der Waals surface area contributed by atoms with Crippen molar-refractivity contribution in [2.75, 3.05) is 13.2 Å². The van der Waals surface area contributed by atoms with E-state index in [4.69, 9.17) is 5.11 Å². The van der Waals surface area contributed by atoms with Crippen LogP contribution >= 0.6 is 0 Å². The predicted octanol–water partition coefficient (Wildman–Crippen LogP) is 1.55. The highest BCUT2D eigenvalue weighted by Crippen LogP contribution is 2.14. The highest BCUT2D eigenvalue weighted by molar-refractivity contribution is 4.71. The Morgan fingerprint density at radius 1 is 1.31 bits per heavy atom.